The van der Waals surface area contributed by atoms with Gasteiger partial charge in [-0.15, -0.1) is 11.3 Å². The molecule has 0 spiro atoms. The first-order valence-electron chi connectivity index (χ1n) is 5.13. The Morgan fingerprint density at radius 3 is 2.79 bits per heavy atom. The molecule has 0 saturated heterocycles. The number of hydrogen-bond donors (Lipinski definition) is 3. The van der Waals surface area contributed by atoms with E-state index in [9.17, 15) is 12.8 Å². The summed E-state index contributed by atoms with van der Waals surface area (Å²) in [5.41, 5.74) is 6.96. The van der Waals surface area contributed by atoms with Gasteiger partial charge in [0, 0.05) is 23.7 Å². The van der Waals surface area contributed by atoms with Crippen LogP contribution in [-0.2, 0) is 10.2 Å². The second-order valence-electron chi connectivity index (χ2n) is 3.58. The molecule has 4 N–H and O–H groups in total. The maximum atomic E-state index is 12.9. The molecule has 102 valence electrons. The highest BCUT2D eigenvalue weighted by molar-refractivity contribution is 7.91. The summed E-state index contributed by atoms with van der Waals surface area (Å²) in [6.07, 6.45) is 0. The number of nitrogens with one attached hydrogen (secondary N) is 2. The van der Waals surface area contributed by atoms with E-state index < -0.39 is 16.0 Å². The van der Waals surface area contributed by atoms with Gasteiger partial charge in [0.15, 0.2) is 5.13 Å². The highest BCUT2D eigenvalue weighted by Crippen LogP contribution is 2.29. The number of rotatable bonds is 4. The molecule has 0 fully saturated rings. The third-order valence-corrected chi connectivity index (χ3v) is 4.17. The van der Waals surface area contributed by atoms with Crippen LogP contribution < -0.4 is 15.2 Å². The molecular weight excluding hydrogens is 291 g/mol. The van der Waals surface area contributed by atoms with Crippen molar-refractivity contribution in [3.8, 4) is 11.3 Å². The molecule has 1 heterocycles. The molecule has 0 aliphatic rings. The van der Waals surface area contributed by atoms with Crippen LogP contribution >= 0.6 is 11.3 Å². The van der Waals surface area contributed by atoms with Gasteiger partial charge in [0.2, 0.25) is 0 Å². The van der Waals surface area contributed by atoms with Crippen molar-refractivity contribution in [3.05, 3.63) is 29.4 Å². The highest BCUT2D eigenvalue weighted by atomic mass is 32.2. The van der Waals surface area contributed by atoms with E-state index in [1.807, 2.05) is 0 Å². The van der Waals surface area contributed by atoms with Crippen LogP contribution in [-0.4, -0.2) is 20.4 Å². The summed E-state index contributed by atoms with van der Waals surface area (Å²) in [5, 5.41) is 1.84. The van der Waals surface area contributed by atoms with Gasteiger partial charge in [0.25, 0.3) is 0 Å². The number of nitrogen functional groups attached to an aromatic ring is 1. The summed E-state index contributed by atoms with van der Waals surface area (Å²) in [5.74, 6) is -0.437. The van der Waals surface area contributed by atoms with Crippen molar-refractivity contribution in [2.75, 3.05) is 17.5 Å². The van der Waals surface area contributed by atoms with E-state index >= 15 is 0 Å². The van der Waals surface area contributed by atoms with Crippen LogP contribution in [0.15, 0.2) is 23.6 Å². The lowest BCUT2D eigenvalue weighted by Gasteiger charge is -2.03. The zero-order valence-corrected chi connectivity index (χ0v) is 11.5. The van der Waals surface area contributed by atoms with Crippen molar-refractivity contribution in [1.29, 1.82) is 0 Å². The van der Waals surface area contributed by atoms with Crippen molar-refractivity contribution in [2.24, 2.45) is 0 Å². The Labute approximate surface area is 113 Å². The average Bonchev–Trinajstić information content (AvgIpc) is 2.76. The van der Waals surface area contributed by atoms with Gasteiger partial charge < -0.3 is 5.73 Å². The molecule has 0 amide bonds. The van der Waals surface area contributed by atoms with Gasteiger partial charge in [-0.05, 0) is 18.2 Å². The van der Waals surface area contributed by atoms with Crippen LogP contribution in [0.2, 0.25) is 0 Å². The topological polar surface area (TPSA) is 97.1 Å². The quantitative estimate of drug-likeness (QED) is 0.744. The van der Waals surface area contributed by atoms with E-state index in [-0.39, 0.29) is 10.8 Å². The van der Waals surface area contributed by atoms with Gasteiger partial charge in [-0.25, -0.2) is 18.8 Å². The number of benzene rings is 1. The molecule has 1 aromatic heterocycles. The monoisotopic (exact) mass is 302 g/mol. The van der Waals surface area contributed by atoms with E-state index in [2.05, 4.69) is 14.4 Å². The molecule has 19 heavy (non-hydrogen) atoms. The fraction of sp³-hybridized carbons (Fsp3) is 0.100. The zero-order chi connectivity index (χ0) is 14.0. The lowest BCUT2D eigenvalue weighted by molar-refractivity contribution is 0.593. The molecule has 2 rings (SSSR count). The molecular formula is C10H11FN4O2S2. The smallest absolute Gasteiger partial charge is 0.300 e. The molecule has 0 radical (unpaired) electrons. The Hall–Kier alpha value is -1.71. The highest BCUT2D eigenvalue weighted by Gasteiger charge is 2.12. The lowest BCUT2D eigenvalue weighted by Crippen LogP contribution is -2.26. The summed E-state index contributed by atoms with van der Waals surface area (Å²) in [6.45, 7) is 0. The summed E-state index contributed by atoms with van der Waals surface area (Å²) in [6, 6.07) is 3.95. The molecule has 1 aromatic carbocycles. The number of halogens is 1. The lowest BCUT2D eigenvalue weighted by atomic mass is 10.1. The fourth-order valence-corrected chi connectivity index (χ4v) is 2.83. The van der Waals surface area contributed by atoms with Crippen LogP contribution in [0.1, 0.15) is 0 Å². The largest absolute Gasteiger partial charge is 0.398 e. The number of nitrogens with zero attached hydrogens (tertiary/aromatic N) is 1. The molecule has 0 atom stereocenters. The Morgan fingerprint density at radius 1 is 1.42 bits per heavy atom. The van der Waals surface area contributed by atoms with Crippen LogP contribution in [0.4, 0.5) is 15.2 Å². The third-order valence-electron chi connectivity index (χ3n) is 2.28. The molecule has 0 aliphatic carbocycles. The SMILES string of the molecule is CNS(=O)(=O)Nc1nc(-c2ccc(F)cc2N)cs1. The van der Waals surface area contributed by atoms with E-state index in [0.29, 0.717) is 11.3 Å². The van der Waals surface area contributed by atoms with Crippen LogP contribution in [0.5, 0.6) is 0 Å². The minimum atomic E-state index is -3.60. The van der Waals surface area contributed by atoms with E-state index in [4.69, 9.17) is 5.73 Å². The van der Waals surface area contributed by atoms with E-state index in [1.54, 1.807) is 5.38 Å². The Balaban J connectivity index is 2.31. The van der Waals surface area contributed by atoms with Crippen molar-refractivity contribution in [3.63, 3.8) is 0 Å². The molecule has 0 saturated carbocycles. The van der Waals surface area contributed by atoms with Crippen LogP contribution in [0, 0.1) is 5.82 Å². The first-order valence-corrected chi connectivity index (χ1v) is 7.50. The zero-order valence-electron chi connectivity index (χ0n) is 9.84. The number of hydrogen-bond acceptors (Lipinski definition) is 5. The maximum Gasteiger partial charge on any atom is 0.300 e. The minimum absolute atomic E-state index is 0.202. The van der Waals surface area contributed by atoms with Crippen LogP contribution in [0.3, 0.4) is 0 Å². The third kappa shape index (κ3) is 3.19. The van der Waals surface area contributed by atoms with Gasteiger partial charge in [-0.2, -0.15) is 8.42 Å². The second kappa shape index (κ2) is 5.11. The minimum Gasteiger partial charge on any atom is -0.398 e. The Bertz CT molecular complexity index is 699. The first kappa shape index (κ1) is 13.7. The number of anilines is 2. The number of nitrogens with two attached hydrogens (primary N) is 1. The second-order valence-corrected chi connectivity index (χ2v) is 6.06. The fourth-order valence-electron chi connectivity index (χ4n) is 1.38. The molecule has 0 aliphatic heterocycles. The Kier molecular flexibility index (Phi) is 3.69. The van der Waals surface area contributed by atoms with Crippen molar-refractivity contribution < 1.29 is 12.8 Å². The average molecular weight is 302 g/mol. The predicted octanol–water partition coefficient (Wildman–Crippen LogP) is 1.41. The van der Waals surface area contributed by atoms with Gasteiger partial charge in [0.05, 0.1) is 5.69 Å². The molecule has 2 aromatic rings. The summed E-state index contributed by atoms with van der Waals surface area (Å²) < 4.78 is 39.9. The predicted molar refractivity (Wildman–Crippen MR) is 73.5 cm³/mol. The van der Waals surface area contributed by atoms with Gasteiger partial charge in [0.1, 0.15) is 5.82 Å². The summed E-state index contributed by atoms with van der Waals surface area (Å²) in [4.78, 5) is 4.09. The molecule has 0 bridgehead atoms. The molecule has 0 unspecified atom stereocenters. The van der Waals surface area contributed by atoms with Crippen molar-refractivity contribution in [1.82, 2.24) is 9.71 Å². The Morgan fingerprint density at radius 2 is 2.16 bits per heavy atom. The van der Waals surface area contributed by atoms with Crippen molar-refractivity contribution in [2.45, 2.75) is 0 Å². The van der Waals surface area contributed by atoms with E-state index in [1.165, 1.54) is 25.2 Å². The normalized spacial score (nSPS) is 11.5. The maximum absolute atomic E-state index is 12.9. The summed E-state index contributed by atoms with van der Waals surface area (Å²) >= 11 is 1.11. The van der Waals surface area contributed by atoms with Crippen LogP contribution in [0.25, 0.3) is 11.3 Å². The number of aromatic nitrogens is 1. The summed E-state index contributed by atoms with van der Waals surface area (Å²) in [7, 11) is -2.32. The van der Waals surface area contributed by atoms with Crippen molar-refractivity contribution >= 4 is 32.4 Å². The van der Waals surface area contributed by atoms with Gasteiger partial charge in [-0.1, -0.05) is 0 Å². The first-order chi connectivity index (χ1) is 8.91. The number of thiazole rings is 1. The van der Waals surface area contributed by atoms with Gasteiger partial charge >= 0.3 is 10.2 Å². The standard InChI is InChI=1S/C10H11FN4O2S2/c1-13-19(16,17)15-10-14-9(5-18-10)7-3-2-6(11)4-8(7)12/h2-5,13H,12H2,1H3,(H,14,15). The molecule has 6 nitrogen and oxygen atoms in total. The molecule has 9 heteroatoms. The van der Waals surface area contributed by atoms with Gasteiger partial charge in [-0.3, -0.25) is 0 Å². The van der Waals surface area contributed by atoms with E-state index in [0.717, 1.165) is 11.3 Å².